The third-order valence-corrected chi connectivity index (χ3v) is 3.54. The molecule has 0 aliphatic heterocycles. The molecule has 1 aromatic heterocycles. The molecule has 1 N–H and O–H groups in total. The summed E-state index contributed by atoms with van der Waals surface area (Å²) >= 11 is 0. The number of hydrogen-bond acceptors (Lipinski definition) is 3. The number of H-pyrrole nitrogens is 1. The summed E-state index contributed by atoms with van der Waals surface area (Å²) < 4.78 is 16.0. The Morgan fingerprint density at radius 3 is 2.13 bits per heavy atom. The molecule has 116 valence electrons. The van der Waals surface area contributed by atoms with Crippen LogP contribution in [0.2, 0.25) is 0 Å². The molecule has 0 saturated carbocycles. The van der Waals surface area contributed by atoms with Crippen molar-refractivity contribution in [1.29, 1.82) is 0 Å². The van der Waals surface area contributed by atoms with Gasteiger partial charge in [0.2, 0.25) is 5.75 Å². The molecule has 0 radical (unpaired) electrons. The second kappa shape index (κ2) is 6.37. The Kier molecular flexibility index (Phi) is 4.11. The van der Waals surface area contributed by atoms with Gasteiger partial charge in [-0.25, -0.2) is 0 Å². The summed E-state index contributed by atoms with van der Waals surface area (Å²) in [6.45, 7) is 0. The van der Waals surface area contributed by atoms with Crippen LogP contribution in [0, 0.1) is 11.8 Å². The molecule has 3 rings (SSSR count). The van der Waals surface area contributed by atoms with E-state index in [1.165, 1.54) is 0 Å². The van der Waals surface area contributed by atoms with Gasteiger partial charge in [-0.2, -0.15) is 0 Å². The minimum absolute atomic E-state index is 0.561. The van der Waals surface area contributed by atoms with Crippen molar-refractivity contribution in [3.8, 4) is 29.1 Å². The minimum Gasteiger partial charge on any atom is -0.493 e. The van der Waals surface area contributed by atoms with Crippen LogP contribution in [0.25, 0.3) is 10.9 Å². The first-order valence-corrected chi connectivity index (χ1v) is 7.15. The van der Waals surface area contributed by atoms with Gasteiger partial charge in [0.25, 0.3) is 0 Å². The summed E-state index contributed by atoms with van der Waals surface area (Å²) in [7, 11) is 4.76. The van der Waals surface area contributed by atoms with Gasteiger partial charge in [0.05, 0.1) is 27.0 Å². The number of hydrogen-bond donors (Lipinski definition) is 1. The number of methoxy groups -OCH3 is 3. The first-order chi connectivity index (χ1) is 11.2. The summed E-state index contributed by atoms with van der Waals surface area (Å²) in [5.41, 5.74) is 2.72. The highest BCUT2D eigenvalue weighted by Gasteiger charge is 2.12. The van der Waals surface area contributed by atoms with Crippen LogP contribution in [0.4, 0.5) is 0 Å². The fraction of sp³-hybridized carbons (Fsp3) is 0.158. The first-order valence-electron chi connectivity index (χ1n) is 7.15. The molecule has 0 spiro atoms. The first kappa shape index (κ1) is 14.9. The van der Waals surface area contributed by atoms with Crippen LogP contribution in [0.1, 0.15) is 11.3 Å². The molecule has 4 heteroatoms. The van der Waals surface area contributed by atoms with Crippen LogP contribution in [0.3, 0.4) is 0 Å². The van der Waals surface area contributed by atoms with Crippen LogP contribution in [0.5, 0.6) is 17.2 Å². The highest BCUT2D eigenvalue weighted by atomic mass is 16.5. The quantitative estimate of drug-likeness (QED) is 0.752. The molecular formula is C19H17NO3. The maximum absolute atomic E-state index is 5.34. The molecular weight excluding hydrogens is 290 g/mol. The van der Waals surface area contributed by atoms with E-state index in [4.69, 9.17) is 14.2 Å². The third-order valence-electron chi connectivity index (χ3n) is 3.54. The Hall–Kier alpha value is -3.06. The fourth-order valence-electron chi connectivity index (χ4n) is 2.43. The van der Waals surface area contributed by atoms with Crippen LogP contribution in [-0.2, 0) is 0 Å². The molecule has 3 aromatic rings. The van der Waals surface area contributed by atoms with Gasteiger partial charge >= 0.3 is 0 Å². The zero-order valence-electron chi connectivity index (χ0n) is 13.3. The molecule has 4 nitrogen and oxygen atoms in total. The summed E-state index contributed by atoms with van der Waals surface area (Å²) in [4.78, 5) is 3.28. The Morgan fingerprint density at radius 2 is 1.52 bits per heavy atom. The summed E-state index contributed by atoms with van der Waals surface area (Å²) in [5.74, 6) is 8.00. The Balaban J connectivity index is 2.00. The number of rotatable bonds is 3. The minimum atomic E-state index is 0.561. The van der Waals surface area contributed by atoms with E-state index >= 15 is 0 Å². The second-order valence-corrected chi connectivity index (χ2v) is 4.93. The molecule has 23 heavy (non-hydrogen) atoms. The lowest BCUT2D eigenvalue weighted by Crippen LogP contribution is -1.95. The molecule has 0 saturated heterocycles. The lowest BCUT2D eigenvalue weighted by molar-refractivity contribution is 0.324. The Labute approximate surface area is 135 Å². The van der Waals surface area contributed by atoms with Crippen molar-refractivity contribution in [3.63, 3.8) is 0 Å². The molecule has 0 fully saturated rings. The van der Waals surface area contributed by atoms with Crippen molar-refractivity contribution in [2.75, 3.05) is 21.3 Å². The lowest BCUT2D eigenvalue weighted by atomic mass is 10.1. The van der Waals surface area contributed by atoms with Gasteiger partial charge in [-0.05, 0) is 30.2 Å². The Morgan fingerprint density at radius 1 is 0.826 bits per heavy atom. The lowest BCUT2D eigenvalue weighted by Gasteiger charge is -2.12. The van der Waals surface area contributed by atoms with Crippen LogP contribution >= 0.6 is 0 Å². The summed E-state index contributed by atoms with van der Waals surface area (Å²) in [5, 5.41) is 1.14. The number of fused-ring (bicyclic) bond motifs is 1. The normalized spacial score (nSPS) is 10.0. The van der Waals surface area contributed by atoms with E-state index in [9.17, 15) is 0 Å². The summed E-state index contributed by atoms with van der Waals surface area (Å²) in [6.07, 6.45) is 0. The number of nitrogens with one attached hydrogen (secondary N) is 1. The predicted octanol–water partition coefficient (Wildman–Crippen LogP) is 3.59. The van der Waals surface area contributed by atoms with Crippen molar-refractivity contribution < 1.29 is 14.2 Å². The number of aromatic amines is 1. The average Bonchev–Trinajstić information content (AvgIpc) is 3.01. The molecule has 0 aliphatic rings. The SMILES string of the molecule is COc1cc(C#Cc2cc3ccccc3[nH]2)cc(OC)c1OC. The average molecular weight is 307 g/mol. The highest BCUT2D eigenvalue weighted by Crippen LogP contribution is 2.37. The van der Waals surface area contributed by atoms with E-state index in [0.717, 1.165) is 22.2 Å². The van der Waals surface area contributed by atoms with E-state index in [1.54, 1.807) is 21.3 Å². The van der Waals surface area contributed by atoms with E-state index in [2.05, 4.69) is 22.9 Å². The molecule has 0 bridgehead atoms. The van der Waals surface area contributed by atoms with Gasteiger partial charge in [-0.15, -0.1) is 0 Å². The van der Waals surface area contributed by atoms with Crippen molar-refractivity contribution in [2.45, 2.75) is 0 Å². The zero-order valence-corrected chi connectivity index (χ0v) is 13.3. The van der Waals surface area contributed by atoms with Gasteiger partial charge in [0, 0.05) is 16.5 Å². The topological polar surface area (TPSA) is 43.5 Å². The van der Waals surface area contributed by atoms with E-state index < -0.39 is 0 Å². The van der Waals surface area contributed by atoms with Crippen LogP contribution < -0.4 is 14.2 Å². The Bertz CT molecular complexity index is 842. The van der Waals surface area contributed by atoms with Gasteiger partial charge in [0.15, 0.2) is 11.5 Å². The number of para-hydroxylation sites is 1. The fourth-order valence-corrected chi connectivity index (χ4v) is 2.43. The van der Waals surface area contributed by atoms with Crippen molar-refractivity contribution in [1.82, 2.24) is 4.98 Å². The molecule has 0 aliphatic carbocycles. The van der Waals surface area contributed by atoms with Crippen molar-refractivity contribution >= 4 is 10.9 Å². The predicted molar refractivity (Wildman–Crippen MR) is 90.4 cm³/mol. The monoisotopic (exact) mass is 307 g/mol. The number of ether oxygens (including phenoxy) is 3. The number of aromatic nitrogens is 1. The standard InChI is InChI=1S/C19H17NO3/c1-21-17-10-13(11-18(22-2)19(17)23-3)8-9-15-12-14-6-4-5-7-16(14)20-15/h4-7,10-12,20H,1-3H3. The molecule has 0 unspecified atom stereocenters. The largest absolute Gasteiger partial charge is 0.493 e. The third kappa shape index (κ3) is 2.95. The molecule has 1 heterocycles. The second-order valence-electron chi connectivity index (χ2n) is 4.93. The zero-order chi connectivity index (χ0) is 16.2. The maximum atomic E-state index is 5.34. The summed E-state index contributed by atoms with van der Waals surface area (Å²) in [6, 6.07) is 13.8. The van der Waals surface area contributed by atoms with E-state index in [0.29, 0.717) is 17.2 Å². The van der Waals surface area contributed by atoms with Crippen LogP contribution in [-0.4, -0.2) is 26.3 Å². The van der Waals surface area contributed by atoms with E-state index in [1.807, 2.05) is 36.4 Å². The number of benzene rings is 2. The molecule has 2 aromatic carbocycles. The van der Waals surface area contributed by atoms with Gasteiger partial charge in [0.1, 0.15) is 0 Å². The van der Waals surface area contributed by atoms with Crippen molar-refractivity contribution in [2.24, 2.45) is 0 Å². The smallest absolute Gasteiger partial charge is 0.203 e. The maximum Gasteiger partial charge on any atom is 0.203 e. The van der Waals surface area contributed by atoms with E-state index in [-0.39, 0.29) is 0 Å². The van der Waals surface area contributed by atoms with Gasteiger partial charge < -0.3 is 19.2 Å². The van der Waals surface area contributed by atoms with Crippen molar-refractivity contribution in [3.05, 3.63) is 53.7 Å². The van der Waals surface area contributed by atoms with Crippen LogP contribution in [0.15, 0.2) is 42.5 Å². The molecule has 0 amide bonds. The van der Waals surface area contributed by atoms with Gasteiger partial charge in [-0.3, -0.25) is 0 Å². The van der Waals surface area contributed by atoms with Gasteiger partial charge in [-0.1, -0.05) is 24.1 Å². The highest BCUT2D eigenvalue weighted by molar-refractivity contribution is 5.81. The molecule has 0 atom stereocenters.